The summed E-state index contributed by atoms with van der Waals surface area (Å²) in [7, 11) is -4.14. The van der Waals surface area contributed by atoms with Gasteiger partial charge in [-0.05, 0) is 23.1 Å². The Morgan fingerprint density at radius 2 is 1.82 bits per heavy atom. The number of nitrogens with two attached hydrogens (primary N) is 1. The topological polar surface area (TPSA) is 77.2 Å². The lowest BCUT2D eigenvalue weighted by Crippen LogP contribution is -2.18. The van der Waals surface area contributed by atoms with Crippen molar-refractivity contribution >= 4 is 27.1 Å². The van der Waals surface area contributed by atoms with Gasteiger partial charge in [-0.25, -0.2) is 8.42 Å². The molecule has 0 fully saturated rings. The summed E-state index contributed by atoms with van der Waals surface area (Å²) < 4.78 is 63.1. The Morgan fingerprint density at radius 1 is 1.18 bits per heavy atom. The molecule has 2 rings (SSSR count). The van der Waals surface area contributed by atoms with Crippen LogP contribution in [0.15, 0.2) is 39.9 Å². The number of thiophene rings is 1. The second-order valence-electron chi connectivity index (χ2n) is 4.43. The molecule has 0 saturated carbocycles. The second kappa shape index (κ2) is 5.73. The van der Waals surface area contributed by atoms with Crippen LogP contribution in [0.3, 0.4) is 0 Å². The molecule has 9 heteroatoms. The van der Waals surface area contributed by atoms with E-state index in [0.717, 1.165) is 28.2 Å². The van der Waals surface area contributed by atoms with E-state index in [2.05, 4.69) is 0 Å². The molecule has 2 aromatic rings. The van der Waals surface area contributed by atoms with E-state index in [1.54, 1.807) is 0 Å². The molecule has 0 radical (unpaired) electrons. The molecule has 0 spiro atoms. The third-order valence-corrected chi connectivity index (χ3v) is 5.39. The highest BCUT2D eigenvalue weighted by atomic mass is 32.2. The number of halogens is 3. The molecule has 22 heavy (non-hydrogen) atoms. The molecule has 0 aliphatic carbocycles. The average Bonchev–Trinajstić information content (AvgIpc) is 2.86. The molecule has 0 saturated heterocycles. The zero-order valence-electron chi connectivity index (χ0n) is 10.9. The minimum absolute atomic E-state index is 0.244. The van der Waals surface area contributed by atoms with Gasteiger partial charge in [0.15, 0.2) is 9.84 Å². The highest BCUT2D eigenvalue weighted by molar-refractivity contribution is 7.90. The summed E-state index contributed by atoms with van der Waals surface area (Å²) in [6.45, 7) is 0. The zero-order valence-corrected chi connectivity index (χ0v) is 12.6. The molecule has 1 aromatic carbocycles. The van der Waals surface area contributed by atoms with Crippen LogP contribution in [0, 0.1) is 0 Å². The Kier molecular flexibility index (Phi) is 4.30. The Morgan fingerprint density at radius 3 is 2.41 bits per heavy atom. The van der Waals surface area contributed by atoms with Crippen LogP contribution in [0.5, 0.6) is 0 Å². The van der Waals surface area contributed by atoms with E-state index in [-0.39, 0.29) is 16.0 Å². The number of rotatable bonds is 4. The standard InChI is InChI=1S/C13H10F3NO3S2/c14-13(15,16)10-6-21-5-8(10)7-22(19,20)11-4-2-1-3-9(11)12(17)18/h1-6H,7H2,(H2,17,18). The summed E-state index contributed by atoms with van der Waals surface area (Å²) in [5, 5.41) is 1.98. The van der Waals surface area contributed by atoms with Crippen LogP contribution in [0.2, 0.25) is 0 Å². The quantitative estimate of drug-likeness (QED) is 0.922. The SMILES string of the molecule is NC(=O)c1ccccc1S(=O)(=O)Cc1cscc1C(F)(F)F. The fourth-order valence-corrected chi connectivity index (χ4v) is 4.47. The number of carbonyl (C=O) groups is 1. The van der Waals surface area contributed by atoms with Gasteiger partial charge in [0.2, 0.25) is 5.91 Å². The third-order valence-electron chi connectivity index (χ3n) is 2.88. The summed E-state index contributed by atoms with van der Waals surface area (Å²) in [5.74, 6) is -1.81. The number of hydrogen-bond donors (Lipinski definition) is 1. The lowest BCUT2D eigenvalue weighted by Gasteiger charge is -2.10. The molecule has 2 N–H and O–H groups in total. The first kappa shape index (κ1) is 16.5. The Labute approximate surface area is 128 Å². The van der Waals surface area contributed by atoms with Gasteiger partial charge in [-0.3, -0.25) is 4.79 Å². The highest BCUT2D eigenvalue weighted by Gasteiger charge is 2.35. The first-order valence-electron chi connectivity index (χ1n) is 5.87. The molecular formula is C13H10F3NO3S2. The second-order valence-corrected chi connectivity index (χ2v) is 7.13. The number of amides is 1. The number of primary amides is 1. The predicted octanol–water partition coefficient (Wildman–Crippen LogP) is 2.84. The normalized spacial score (nSPS) is 12.3. The Balaban J connectivity index is 2.46. The maximum Gasteiger partial charge on any atom is 0.417 e. The lowest BCUT2D eigenvalue weighted by molar-refractivity contribution is -0.137. The van der Waals surface area contributed by atoms with Crippen LogP contribution < -0.4 is 5.73 Å². The third kappa shape index (κ3) is 3.30. The summed E-state index contributed by atoms with van der Waals surface area (Å²) >= 11 is 0.763. The van der Waals surface area contributed by atoms with E-state index in [1.807, 2.05) is 0 Å². The van der Waals surface area contributed by atoms with Crippen molar-refractivity contribution in [1.82, 2.24) is 0 Å². The van der Waals surface area contributed by atoms with Gasteiger partial charge in [-0.2, -0.15) is 24.5 Å². The number of sulfone groups is 1. The summed E-state index contributed by atoms with van der Waals surface area (Å²) in [5.41, 5.74) is 3.52. The van der Waals surface area contributed by atoms with Crippen LogP contribution in [0.25, 0.3) is 0 Å². The average molecular weight is 349 g/mol. The van der Waals surface area contributed by atoms with Crippen LogP contribution in [0.1, 0.15) is 21.5 Å². The molecule has 4 nitrogen and oxygen atoms in total. The van der Waals surface area contributed by atoms with Gasteiger partial charge >= 0.3 is 6.18 Å². The maximum absolute atomic E-state index is 12.8. The minimum Gasteiger partial charge on any atom is -0.366 e. The van der Waals surface area contributed by atoms with E-state index in [1.165, 1.54) is 18.2 Å². The van der Waals surface area contributed by atoms with Gasteiger partial charge < -0.3 is 5.73 Å². The van der Waals surface area contributed by atoms with E-state index >= 15 is 0 Å². The van der Waals surface area contributed by atoms with E-state index < -0.39 is 33.2 Å². The van der Waals surface area contributed by atoms with Crippen LogP contribution in [-0.4, -0.2) is 14.3 Å². The van der Waals surface area contributed by atoms with Gasteiger partial charge in [0.25, 0.3) is 0 Å². The first-order chi connectivity index (χ1) is 10.1. The Hall–Kier alpha value is -1.87. The van der Waals surface area contributed by atoms with E-state index in [0.29, 0.717) is 0 Å². The molecule has 1 heterocycles. The number of carbonyl (C=O) groups excluding carboxylic acids is 1. The van der Waals surface area contributed by atoms with Crippen molar-refractivity contribution in [3.8, 4) is 0 Å². The smallest absolute Gasteiger partial charge is 0.366 e. The minimum atomic E-state index is -4.63. The lowest BCUT2D eigenvalue weighted by atomic mass is 10.2. The molecular weight excluding hydrogens is 339 g/mol. The molecule has 0 atom stereocenters. The fourth-order valence-electron chi connectivity index (χ4n) is 1.91. The van der Waals surface area contributed by atoms with Gasteiger partial charge in [-0.1, -0.05) is 12.1 Å². The van der Waals surface area contributed by atoms with Crippen molar-refractivity contribution in [1.29, 1.82) is 0 Å². The van der Waals surface area contributed by atoms with Gasteiger partial charge in [-0.15, -0.1) is 0 Å². The molecule has 1 aromatic heterocycles. The molecule has 0 aliphatic rings. The summed E-state index contributed by atoms with van der Waals surface area (Å²) in [4.78, 5) is 10.9. The van der Waals surface area contributed by atoms with Gasteiger partial charge in [0.05, 0.1) is 21.8 Å². The van der Waals surface area contributed by atoms with Crippen LogP contribution in [-0.2, 0) is 21.8 Å². The van der Waals surface area contributed by atoms with Crippen molar-refractivity contribution in [2.75, 3.05) is 0 Å². The van der Waals surface area contributed by atoms with Crippen molar-refractivity contribution in [3.05, 3.63) is 51.7 Å². The van der Waals surface area contributed by atoms with E-state index in [4.69, 9.17) is 5.73 Å². The van der Waals surface area contributed by atoms with Gasteiger partial charge in [0, 0.05) is 5.38 Å². The molecule has 0 bridgehead atoms. The van der Waals surface area contributed by atoms with Crippen molar-refractivity contribution < 1.29 is 26.4 Å². The monoisotopic (exact) mass is 349 g/mol. The maximum atomic E-state index is 12.8. The molecule has 1 amide bonds. The summed E-state index contributed by atoms with van der Waals surface area (Å²) in [6, 6.07) is 5.16. The number of alkyl halides is 3. The van der Waals surface area contributed by atoms with Crippen LogP contribution in [0.4, 0.5) is 13.2 Å². The zero-order chi connectivity index (χ0) is 16.5. The molecule has 0 aliphatic heterocycles. The summed E-state index contributed by atoms with van der Waals surface area (Å²) in [6.07, 6.45) is -4.63. The largest absolute Gasteiger partial charge is 0.417 e. The highest BCUT2D eigenvalue weighted by Crippen LogP contribution is 2.36. The van der Waals surface area contributed by atoms with Crippen molar-refractivity contribution in [2.45, 2.75) is 16.8 Å². The number of hydrogen-bond acceptors (Lipinski definition) is 4. The molecule has 118 valence electrons. The molecule has 0 unspecified atom stereocenters. The number of benzene rings is 1. The van der Waals surface area contributed by atoms with E-state index in [9.17, 15) is 26.4 Å². The van der Waals surface area contributed by atoms with Gasteiger partial charge in [0.1, 0.15) is 0 Å². The Bertz CT molecular complexity index is 810. The first-order valence-corrected chi connectivity index (χ1v) is 8.46. The van der Waals surface area contributed by atoms with Crippen LogP contribution >= 0.6 is 11.3 Å². The fraction of sp³-hybridized carbons (Fsp3) is 0.154. The predicted molar refractivity (Wildman–Crippen MR) is 75.2 cm³/mol. The van der Waals surface area contributed by atoms with Crippen molar-refractivity contribution in [3.63, 3.8) is 0 Å². The van der Waals surface area contributed by atoms with Crippen molar-refractivity contribution in [2.24, 2.45) is 5.73 Å².